The number of hydrogen-bond donors (Lipinski definition) is 2. The van der Waals surface area contributed by atoms with Crippen LogP contribution in [0, 0.1) is 0 Å². The molecule has 9 nitrogen and oxygen atoms in total. The number of unbranched alkanes of at least 4 members (excludes halogenated alkanes) is 6. The lowest BCUT2D eigenvalue weighted by Crippen LogP contribution is -2.23. The van der Waals surface area contributed by atoms with E-state index in [0.29, 0.717) is 18.8 Å². The van der Waals surface area contributed by atoms with Gasteiger partial charge in [-0.3, -0.25) is 9.52 Å². The van der Waals surface area contributed by atoms with Crippen LogP contribution in [0.3, 0.4) is 0 Å². The van der Waals surface area contributed by atoms with Crippen LogP contribution in [0.2, 0.25) is 0 Å². The highest BCUT2D eigenvalue weighted by molar-refractivity contribution is 7.92. The Hall–Kier alpha value is -3.14. The maximum Gasteiger partial charge on any atom is 0.337 e. The minimum Gasteiger partial charge on any atom is -0.494 e. The van der Waals surface area contributed by atoms with Crippen LogP contribution in [0.15, 0.2) is 47.5 Å². The Kier molecular flexibility index (Phi) is 11.2. The van der Waals surface area contributed by atoms with Crippen molar-refractivity contribution >= 4 is 27.8 Å². The van der Waals surface area contributed by atoms with Crippen molar-refractivity contribution in [3.8, 4) is 5.75 Å². The number of nitrogens with one attached hydrogen (secondary N) is 1. The molecule has 1 aromatic carbocycles. The summed E-state index contributed by atoms with van der Waals surface area (Å²) in [6.45, 7) is 6.16. The Morgan fingerprint density at radius 3 is 2.08 bits per heavy atom. The van der Waals surface area contributed by atoms with Crippen LogP contribution in [0.5, 0.6) is 5.75 Å². The zero-order chi connectivity index (χ0) is 26.6. The van der Waals surface area contributed by atoms with Crippen LogP contribution in [0.1, 0.15) is 82.5 Å². The van der Waals surface area contributed by atoms with Gasteiger partial charge in [0, 0.05) is 12.6 Å². The van der Waals surface area contributed by atoms with Gasteiger partial charge in [0.05, 0.1) is 17.1 Å². The highest BCUT2D eigenvalue weighted by Gasteiger charge is 2.16. The van der Waals surface area contributed by atoms with Crippen molar-refractivity contribution in [1.29, 1.82) is 0 Å². The molecule has 2 aromatic rings. The summed E-state index contributed by atoms with van der Waals surface area (Å²) in [5.74, 6) is -0.658. The molecule has 1 aromatic heterocycles. The molecule has 2 rings (SSSR count). The molecular weight excluding hydrogens is 484 g/mol. The number of nitrogens with zero attached hydrogens (tertiary/aromatic N) is 1. The number of aromatic carboxylic acids is 1. The first-order valence-electron chi connectivity index (χ1n) is 12.1. The lowest BCUT2D eigenvalue weighted by Gasteiger charge is -2.19. The average molecular weight is 521 g/mol. The van der Waals surface area contributed by atoms with Gasteiger partial charge in [0.15, 0.2) is 0 Å². The standard InChI is InChI=1S/C26H36N2O7S/c1-26(2,3)35-24(29)11-9-7-5-4-6-8-10-18-34-21-13-15-22(16-14-21)36(32,33)28-23-17-12-20(19-27-23)25(30)31/h12-17,19H,4-11,18H2,1-3H3,(H,27,28)(H,30,31). The van der Waals surface area contributed by atoms with Crippen molar-refractivity contribution in [2.45, 2.75) is 82.6 Å². The lowest BCUT2D eigenvalue weighted by molar-refractivity contribution is -0.154. The quantitative estimate of drug-likeness (QED) is 0.235. The Balaban J connectivity index is 1.61. The van der Waals surface area contributed by atoms with Crippen LogP contribution in [0.4, 0.5) is 5.82 Å². The molecule has 0 atom stereocenters. The number of carboxylic acid groups (broad SMARTS) is 1. The van der Waals surface area contributed by atoms with Gasteiger partial charge in [-0.1, -0.05) is 32.1 Å². The Labute approximate surface area is 213 Å². The molecule has 0 amide bonds. The molecule has 0 bridgehead atoms. The number of hydrogen-bond acceptors (Lipinski definition) is 7. The van der Waals surface area contributed by atoms with E-state index in [1.165, 1.54) is 24.3 Å². The molecule has 0 spiro atoms. The molecule has 0 aliphatic rings. The summed E-state index contributed by atoms with van der Waals surface area (Å²) in [4.78, 5) is 26.4. The smallest absolute Gasteiger partial charge is 0.337 e. The number of carbonyl (C=O) groups excluding carboxylic acids is 1. The van der Waals surface area contributed by atoms with Gasteiger partial charge in [0.1, 0.15) is 17.2 Å². The second-order valence-electron chi connectivity index (χ2n) is 9.47. The molecule has 0 radical (unpaired) electrons. The van der Waals surface area contributed by atoms with Crippen molar-refractivity contribution in [3.63, 3.8) is 0 Å². The number of benzene rings is 1. The number of ether oxygens (including phenoxy) is 2. The van der Waals surface area contributed by atoms with Crippen LogP contribution >= 0.6 is 0 Å². The van der Waals surface area contributed by atoms with E-state index in [1.807, 2.05) is 20.8 Å². The van der Waals surface area contributed by atoms with Crippen molar-refractivity contribution in [2.75, 3.05) is 11.3 Å². The zero-order valence-corrected chi connectivity index (χ0v) is 22.0. The Morgan fingerprint density at radius 1 is 0.917 bits per heavy atom. The fraction of sp³-hybridized carbons (Fsp3) is 0.500. The molecule has 0 aliphatic heterocycles. The third-order valence-corrected chi connectivity index (χ3v) is 6.47. The Bertz CT molecular complexity index is 1080. The molecule has 36 heavy (non-hydrogen) atoms. The summed E-state index contributed by atoms with van der Waals surface area (Å²) < 4.78 is 38.4. The molecule has 0 unspecified atom stereocenters. The topological polar surface area (TPSA) is 132 Å². The first-order chi connectivity index (χ1) is 17.0. The summed E-state index contributed by atoms with van der Waals surface area (Å²) in [5.41, 5.74) is -0.456. The fourth-order valence-corrected chi connectivity index (χ4v) is 4.34. The third kappa shape index (κ3) is 11.1. The molecule has 0 saturated heterocycles. The molecule has 0 aliphatic carbocycles. The largest absolute Gasteiger partial charge is 0.494 e. The van der Waals surface area contributed by atoms with E-state index in [4.69, 9.17) is 14.6 Å². The summed E-state index contributed by atoms with van der Waals surface area (Å²) >= 11 is 0. The number of aromatic nitrogens is 1. The summed E-state index contributed by atoms with van der Waals surface area (Å²) in [6, 6.07) is 8.65. The normalized spacial score (nSPS) is 11.6. The first-order valence-corrected chi connectivity index (χ1v) is 13.6. The predicted octanol–water partition coefficient (Wildman–Crippen LogP) is 5.42. The highest BCUT2D eigenvalue weighted by atomic mass is 32.2. The number of pyridine rings is 1. The minimum absolute atomic E-state index is 0.0309. The SMILES string of the molecule is CC(C)(C)OC(=O)CCCCCCCCCOc1ccc(S(=O)(=O)Nc2ccc(C(=O)O)cn2)cc1. The number of rotatable bonds is 15. The van der Waals surface area contributed by atoms with Crippen molar-refractivity contribution in [1.82, 2.24) is 4.98 Å². The van der Waals surface area contributed by atoms with E-state index >= 15 is 0 Å². The second-order valence-corrected chi connectivity index (χ2v) is 11.2. The third-order valence-electron chi connectivity index (χ3n) is 5.10. The molecule has 0 saturated carbocycles. The first kappa shape index (κ1) is 29.1. The minimum atomic E-state index is -3.86. The number of sulfonamides is 1. The number of carbonyl (C=O) groups is 2. The van der Waals surface area contributed by atoms with Crippen LogP contribution in [0.25, 0.3) is 0 Å². The van der Waals surface area contributed by atoms with Gasteiger partial charge in [-0.15, -0.1) is 0 Å². The molecule has 198 valence electrons. The van der Waals surface area contributed by atoms with E-state index in [-0.39, 0.29) is 22.2 Å². The van der Waals surface area contributed by atoms with E-state index in [1.54, 1.807) is 12.1 Å². The van der Waals surface area contributed by atoms with Gasteiger partial charge >= 0.3 is 11.9 Å². The zero-order valence-electron chi connectivity index (χ0n) is 21.2. The van der Waals surface area contributed by atoms with Gasteiger partial charge in [0.25, 0.3) is 10.0 Å². The predicted molar refractivity (Wildman–Crippen MR) is 137 cm³/mol. The maximum atomic E-state index is 12.5. The van der Waals surface area contributed by atoms with Crippen molar-refractivity contribution < 1.29 is 32.6 Å². The number of carboxylic acids is 1. The number of anilines is 1. The molecular formula is C26H36N2O7S. The summed E-state index contributed by atoms with van der Waals surface area (Å²) in [6.07, 6.45) is 8.67. The second kappa shape index (κ2) is 13.8. The van der Waals surface area contributed by atoms with Gasteiger partial charge in [0.2, 0.25) is 0 Å². The monoisotopic (exact) mass is 520 g/mol. The van der Waals surface area contributed by atoms with Crippen LogP contribution < -0.4 is 9.46 Å². The summed E-state index contributed by atoms with van der Waals surface area (Å²) in [5, 5.41) is 8.89. The molecule has 0 fully saturated rings. The van der Waals surface area contributed by atoms with Gasteiger partial charge in [-0.05, 0) is 70.0 Å². The van der Waals surface area contributed by atoms with E-state index in [0.717, 1.165) is 51.1 Å². The fourth-order valence-electron chi connectivity index (χ4n) is 3.33. The van der Waals surface area contributed by atoms with Crippen molar-refractivity contribution in [2.24, 2.45) is 0 Å². The van der Waals surface area contributed by atoms with Crippen LogP contribution in [-0.4, -0.2) is 42.7 Å². The van der Waals surface area contributed by atoms with Crippen molar-refractivity contribution in [3.05, 3.63) is 48.2 Å². The van der Waals surface area contributed by atoms with Crippen LogP contribution in [-0.2, 0) is 19.6 Å². The molecule has 2 N–H and O–H groups in total. The van der Waals surface area contributed by atoms with Gasteiger partial charge in [-0.2, -0.15) is 0 Å². The van der Waals surface area contributed by atoms with E-state index in [2.05, 4.69) is 9.71 Å². The maximum absolute atomic E-state index is 12.5. The Morgan fingerprint density at radius 2 is 1.53 bits per heavy atom. The van der Waals surface area contributed by atoms with E-state index < -0.39 is 21.6 Å². The number of esters is 1. The summed E-state index contributed by atoms with van der Waals surface area (Å²) in [7, 11) is -3.86. The molecule has 1 heterocycles. The van der Waals surface area contributed by atoms with Gasteiger partial charge < -0.3 is 14.6 Å². The average Bonchev–Trinajstić information content (AvgIpc) is 2.79. The highest BCUT2D eigenvalue weighted by Crippen LogP contribution is 2.19. The van der Waals surface area contributed by atoms with Gasteiger partial charge in [-0.25, -0.2) is 18.2 Å². The van der Waals surface area contributed by atoms with E-state index in [9.17, 15) is 18.0 Å². The lowest BCUT2D eigenvalue weighted by atomic mass is 10.1. The molecule has 10 heteroatoms.